The highest BCUT2D eigenvalue weighted by Crippen LogP contribution is 2.38. The Kier molecular flexibility index (Phi) is 4.00. The Bertz CT molecular complexity index is 821. The van der Waals surface area contributed by atoms with Crippen molar-refractivity contribution in [3.05, 3.63) is 65.9 Å². The van der Waals surface area contributed by atoms with E-state index in [0.717, 1.165) is 17.7 Å². The summed E-state index contributed by atoms with van der Waals surface area (Å²) in [7, 11) is 1.70. The van der Waals surface area contributed by atoms with Crippen LogP contribution in [0.4, 0.5) is 0 Å². The highest BCUT2D eigenvalue weighted by atomic mass is 16.9. The third-order valence-corrected chi connectivity index (χ3v) is 4.60. The van der Waals surface area contributed by atoms with Gasteiger partial charge in [0.1, 0.15) is 5.75 Å². The monoisotopic (exact) mass is 323 g/mol. The molecule has 0 amide bonds. The summed E-state index contributed by atoms with van der Waals surface area (Å²) in [4.78, 5) is 3.29. The summed E-state index contributed by atoms with van der Waals surface area (Å²) in [6.45, 7) is 1.92. The molecule has 0 radical (unpaired) electrons. The Morgan fingerprint density at radius 3 is 2.62 bits per heavy atom. The molecule has 1 aliphatic rings. The number of aromatic nitrogens is 1. The van der Waals surface area contributed by atoms with E-state index in [4.69, 9.17) is 14.2 Å². The molecule has 124 valence electrons. The van der Waals surface area contributed by atoms with E-state index in [2.05, 4.69) is 41.4 Å². The summed E-state index contributed by atoms with van der Waals surface area (Å²) in [5.74, 6) is 1.03. The molecule has 1 atom stereocenters. The molecule has 4 rings (SSSR count). The number of ether oxygens (including phenoxy) is 3. The largest absolute Gasteiger partial charge is 0.497 e. The van der Waals surface area contributed by atoms with Crippen molar-refractivity contribution >= 4 is 10.9 Å². The molecule has 1 aromatic heterocycles. The molecule has 2 aromatic carbocycles. The Morgan fingerprint density at radius 2 is 1.92 bits per heavy atom. The lowest BCUT2D eigenvalue weighted by Gasteiger charge is -2.36. The second-order valence-electron chi connectivity index (χ2n) is 6.12. The van der Waals surface area contributed by atoms with Gasteiger partial charge in [-0.2, -0.15) is 0 Å². The van der Waals surface area contributed by atoms with Crippen molar-refractivity contribution in [2.45, 2.75) is 31.8 Å². The molecule has 4 heteroatoms. The number of hydrogen-bond donors (Lipinski definition) is 1. The first-order valence-electron chi connectivity index (χ1n) is 8.25. The Morgan fingerprint density at radius 1 is 1.12 bits per heavy atom. The standard InChI is InChI=1S/C20H21NO3/c1-13-23-20(24-13)12-17(14-6-4-3-5-7-14)18-10-15(22-2)11-19-16(18)8-9-21-19/h3-11,13,17,20-21H,12H2,1-2H3. The van der Waals surface area contributed by atoms with Gasteiger partial charge in [0.05, 0.1) is 7.11 Å². The fourth-order valence-corrected chi connectivity index (χ4v) is 3.44. The Balaban J connectivity index is 1.79. The van der Waals surface area contributed by atoms with Gasteiger partial charge in [0.15, 0.2) is 12.6 Å². The molecule has 0 saturated carbocycles. The first-order valence-corrected chi connectivity index (χ1v) is 8.25. The summed E-state index contributed by atoms with van der Waals surface area (Å²) < 4.78 is 16.9. The summed E-state index contributed by atoms with van der Waals surface area (Å²) in [6, 6.07) is 16.8. The Labute approximate surface area is 141 Å². The molecule has 1 unspecified atom stereocenters. The van der Waals surface area contributed by atoms with Crippen molar-refractivity contribution in [1.29, 1.82) is 0 Å². The van der Waals surface area contributed by atoms with Crippen molar-refractivity contribution in [1.82, 2.24) is 4.98 Å². The van der Waals surface area contributed by atoms with E-state index in [9.17, 15) is 0 Å². The van der Waals surface area contributed by atoms with E-state index < -0.39 is 0 Å². The predicted octanol–water partition coefficient (Wildman–Crippen LogP) is 4.42. The van der Waals surface area contributed by atoms with Crippen molar-refractivity contribution in [2.24, 2.45) is 0 Å². The van der Waals surface area contributed by atoms with Gasteiger partial charge in [-0.15, -0.1) is 0 Å². The molecule has 0 spiro atoms. The lowest BCUT2D eigenvalue weighted by atomic mass is 9.86. The normalized spacial score (nSPS) is 21.4. The number of nitrogens with one attached hydrogen (secondary N) is 1. The fraction of sp³-hybridized carbons (Fsp3) is 0.300. The van der Waals surface area contributed by atoms with Gasteiger partial charge in [-0.1, -0.05) is 30.3 Å². The minimum absolute atomic E-state index is 0.107. The van der Waals surface area contributed by atoms with Crippen LogP contribution < -0.4 is 4.74 Å². The van der Waals surface area contributed by atoms with Crippen LogP contribution in [0.25, 0.3) is 10.9 Å². The number of fused-ring (bicyclic) bond motifs is 1. The number of H-pyrrole nitrogens is 1. The maximum Gasteiger partial charge on any atom is 0.164 e. The second kappa shape index (κ2) is 6.30. The molecule has 1 saturated heterocycles. The molecule has 1 aliphatic heterocycles. The average Bonchev–Trinajstić information content (AvgIpc) is 3.06. The summed E-state index contributed by atoms with van der Waals surface area (Å²) in [6.07, 6.45) is 2.48. The third-order valence-electron chi connectivity index (χ3n) is 4.60. The summed E-state index contributed by atoms with van der Waals surface area (Å²) in [5, 5.41) is 1.21. The van der Waals surface area contributed by atoms with Gasteiger partial charge in [0.25, 0.3) is 0 Å². The molecule has 2 heterocycles. The minimum Gasteiger partial charge on any atom is -0.497 e. The molecule has 1 fully saturated rings. The number of aromatic amines is 1. The van der Waals surface area contributed by atoms with Gasteiger partial charge in [-0.05, 0) is 30.2 Å². The molecular weight excluding hydrogens is 302 g/mol. The van der Waals surface area contributed by atoms with Crippen molar-refractivity contribution in [3.63, 3.8) is 0 Å². The van der Waals surface area contributed by atoms with E-state index in [1.54, 1.807) is 7.11 Å². The maximum absolute atomic E-state index is 5.70. The summed E-state index contributed by atoms with van der Waals surface area (Å²) >= 11 is 0. The molecule has 24 heavy (non-hydrogen) atoms. The molecule has 4 nitrogen and oxygen atoms in total. The van der Waals surface area contributed by atoms with Crippen molar-refractivity contribution in [3.8, 4) is 5.75 Å². The van der Waals surface area contributed by atoms with E-state index >= 15 is 0 Å². The average molecular weight is 323 g/mol. The van der Waals surface area contributed by atoms with Gasteiger partial charge in [0.2, 0.25) is 0 Å². The molecule has 0 aliphatic carbocycles. The molecule has 0 bridgehead atoms. The van der Waals surface area contributed by atoms with Crippen LogP contribution in [0, 0.1) is 0 Å². The maximum atomic E-state index is 5.70. The van der Waals surface area contributed by atoms with E-state index in [0.29, 0.717) is 0 Å². The summed E-state index contributed by atoms with van der Waals surface area (Å²) in [5.41, 5.74) is 3.55. The SMILES string of the molecule is COc1cc(C(CC2OC(C)O2)c2ccccc2)c2cc[nH]c2c1. The van der Waals surface area contributed by atoms with Gasteiger partial charge in [-0.3, -0.25) is 0 Å². The van der Waals surface area contributed by atoms with Crippen LogP contribution in [-0.2, 0) is 9.47 Å². The fourth-order valence-electron chi connectivity index (χ4n) is 3.44. The van der Waals surface area contributed by atoms with Gasteiger partial charge < -0.3 is 19.2 Å². The van der Waals surface area contributed by atoms with E-state index in [-0.39, 0.29) is 18.5 Å². The second-order valence-corrected chi connectivity index (χ2v) is 6.12. The van der Waals surface area contributed by atoms with Crippen LogP contribution in [0.15, 0.2) is 54.7 Å². The van der Waals surface area contributed by atoms with Crippen LogP contribution in [0.2, 0.25) is 0 Å². The zero-order chi connectivity index (χ0) is 16.5. The number of benzene rings is 2. The van der Waals surface area contributed by atoms with Crippen LogP contribution in [0.3, 0.4) is 0 Å². The minimum atomic E-state index is -0.162. The topological polar surface area (TPSA) is 43.5 Å². The highest BCUT2D eigenvalue weighted by Gasteiger charge is 2.31. The van der Waals surface area contributed by atoms with Crippen LogP contribution in [0.1, 0.15) is 30.4 Å². The number of methoxy groups -OCH3 is 1. The number of hydrogen-bond acceptors (Lipinski definition) is 3. The third kappa shape index (κ3) is 2.79. The lowest BCUT2D eigenvalue weighted by Crippen LogP contribution is -2.39. The van der Waals surface area contributed by atoms with Crippen LogP contribution in [0.5, 0.6) is 5.75 Å². The highest BCUT2D eigenvalue weighted by molar-refractivity contribution is 5.85. The van der Waals surface area contributed by atoms with Gasteiger partial charge in [0, 0.05) is 35.5 Å². The van der Waals surface area contributed by atoms with Gasteiger partial charge in [-0.25, -0.2) is 0 Å². The van der Waals surface area contributed by atoms with Crippen molar-refractivity contribution in [2.75, 3.05) is 7.11 Å². The molecule has 3 aromatic rings. The Hall–Kier alpha value is -2.30. The lowest BCUT2D eigenvalue weighted by molar-refractivity contribution is -0.377. The zero-order valence-corrected chi connectivity index (χ0v) is 13.9. The van der Waals surface area contributed by atoms with Gasteiger partial charge >= 0.3 is 0 Å². The molecule has 1 N–H and O–H groups in total. The predicted molar refractivity (Wildman–Crippen MR) is 93.2 cm³/mol. The zero-order valence-electron chi connectivity index (χ0n) is 13.9. The first kappa shape index (κ1) is 15.2. The van der Waals surface area contributed by atoms with Crippen molar-refractivity contribution < 1.29 is 14.2 Å². The van der Waals surface area contributed by atoms with Crippen LogP contribution in [-0.4, -0.2) is 24.7 Å². The van der Waals surface area contributed by atoms with E-state index in [1.165, 1.54) is 16.5 Å². The first-order chi connectivity index (χ1) is 11.7. The quantitative estimate of drug-likeness (QED) is 0.756. The van der Waals surface area contributed by atoms with E-state index in [1.807, 2.05) is 25.3 Å². The number of rotatable bonds is 5. The molecular formula is C20H21NO3. The smallest absolute Gasteiger partial charge is 0.164 e. The van der Waals surface area contributed by atoms with Crippen LogP contribution >= 0.6 is 0 Å².